The van der Waals surface area contributed by atoms with Crippen molar-refractivity contribution in [2.75, 3.05) is 13.1 Å². The normalized spacial score (nSPS) is 16.9. The van der Waals surface area contributed by atoms with E-state index in [0.717, 1.165) is 37.7 Å². The number of nitrogens with zero attached hydrogens (tertiary/aromatic N) is 1. The summed E-state index contributed by atoms with van der Waals surface area (Å²) < 4.78 is 5.53. The van der Waals surface area contributed by atoms with Crippen molar-refractivity contribution in [1.82, 2.24) is 4.90 Å². The monoisotopic (exact) mass is 433 g/mol. The molecule has 5 heteroatoms. The molecule has 0 bridgehead atoms. The molecule has 1 heterocycles. The minimum Gasteiger partial charge on any atom is -0.481 e. The molecule has 168 valence electrons. The third kappa shape index (κ3) is 5.39. The average molecular weight is 434 g/mol. The van der Waals surface area contributed by atoms with E-state index in [0.29, 0.717) is 26.1 Å². The minimum atomic E-state index is -0.731. The molecule has 0 aromatic heterocycles. The van der Waals surface area contributed by atoms with Crippen LogP contribution in [0.15, 0.2) is 60.7 Å². The first-order valence-corrected chi connectivity index (χ1v) is 11.5. The van der Waals surface area contributed by atoms with E-state index in [-0.39, 0.29) is 17.9 Å². The van der Waals surface area contributed by atoms with E-state index in [9.17, 15) is 9.59 Å². The molecule has 0 radical (unpaired) electrons. The number of carbonyl (C=O) groups is 2. The van der Waals surface area contributed by atoms with Crippen LogP contribution in [0.1, 0.15) is 55.2 Å². The summed E-state index contributed by atoms with van der Waals surface area (Å²) in [5.74, 6) is -0.731. The molecule has 2 aromatic rings. The van der Waals surface area contributed by atoms with E-state index in [2.05, 4.69) is 30.3 Å². The van der Waals surface area contributed by atoms with Crippen LogP contribution in [0.5, 0.6) is 0 Å². The number of carbonyl (C=O) groups excluding carboxylic acids is 1. The van der Waals surface area contributed by atoms with Crippen LogP contribution < -0.4 is 0 Å². The Morgan fingerprint density at radius 2 is 1.69 bits per heavy atom. The average Bonchev–Trinajstić information content (AvgIpc) is 2.81. The summed E-state index contributed by atoms with van der Waals surface area (Å²) in [6.45, 7) is 1.69. The quantitative estimate of drug-likeness (QED) is 0.570. The van der Waals surface area contributed by atoms with Gasteiger partial charge in [-0.3, -0.25) is 4.79 Å². The second-order valence-electron chi connectivity index (χ2n) is 8.99. The van der Waals surface area contributed by atoms with Crippen molar-refractivity contribution in [1.29, 1.82) is 0 Å². The number of rotatable bonds is 7. The second kappa shape index (κ2) is 10.0. The molecule has 0 atom stereocenters. The summed E-state index contributed by atoms with van der Waals surface area (Å²) in [4.78, 5) is 25.3. The molecule has 32 heavy (non-hydrogen) atoms. The molecule has 1 N–H and O–H groups in total. The van der Waals surface area contributed by atoms with Crippen molar-refractivity contribution >= 4 is 17.6 Å². The second-order valence-corrected chi connectivity index (χ2v) is 8.99. The first-order valence-electron chi connectivity index (χ1n) is 11.5. The van der Waals surface area contributed by atoms with Crippen molar-refractivity contribution in [3.05, 3.63) is 77.4 Å². The zero-order chi connectivity index (χ0) is 22.4. The van der Waals surface area contributed by atoms with E-state index >= 15 is 0 Å². The van der Waals surface area contributed by atoms with Gasteiger partial charge < -0.3 is 14.7 Å². The lowest BCUT2D eigenvalue weighted by Crippen LogP contribution is -2.44. The van der Waals surface area contributed by atoms with E-state index in [1.54, 1.807) is 0 Å². The van der Waals surface area contributed by atoms with E-state index in [1.807, 2.05) is 35.2 Å². The van der Waals surface area contributed by atoms with Crippen molar-refractivity contribution in [2.45, 2.75) is 51.6 Å². The van der Waals surface area contributed by atoms with E-state index < -0.39 is 5.97 Å². The lowest BCUT2D eigenvalue weighted by Gasteiger charge is -2.43. The smallest absolute Gasteiger partial charge is 0.410 e. The summed E-state index contributed by atoms with van der Waals surface area (Å²) in [5, 5.41) is 8.92. The molecular weight excluding hydrogens is 402 g/mol. The lowest BCUT2D eigenvalue weighted by molar-refractivity contribution is -0.137. The molecule has 1 amide bonds. The number of hydrogen-bond acceptors (Lipinski definition) is 3. The highest BCUT2D eigenvalue weighted by Gasteiger charge is 2.38. The maximum Gasteiger partial charge on any atom is 0.410 e. The van der Waals surface area contributed by atoms with Crippen molar-refractivity contribution in [2.24, 2.45) is 5.41 Å². The van der Waals surface area contributed by atoms with Crippen LogP contribution in [0.4, 0.5) is 4.79 Å². The predicted octanol–water partition coefficient (Wildman–Crippen LogP) is 5.69. The molecule has 0 saturated carbocycles. The Hall–Kier alpha value is -3.08. The summed E-state index contributed by atoms with van der Waals surface area (Å²) in [6.07, 6.45) is 7.72. The number of piperidine rings is 1. The van der Waals surface area contributed by atoms with Crippen molar-refractivity contribution < 1.29 is 19.4 Å². The number of carboxylic acids is 1. The van der Waals surface area contributed by atoms with Gasteiger partial charge in [-0.25, -0.2) is 4.79 Å². The van der Waals surface area contributed by atoms with Gasteiger partial charge in [0.25, 0.3) is 0 Å². The predicted molar refractivity (Wildman–Crippen MR) is 124 cm³/mol. The van der Waals surface area contributed by atoms with Gasteiger partial charge >= 0.3 is 12.1 Å². The van der Waals surface area contributed by atoms with Crippen LogP contribution in [0.3, 0.4) is 0 Å². The van der Waals surface area contributed by atoms with Gasteiger partial charge in [-0.1, -0.05) is 60.7 Å². The molecule has 1 aliphatic heterocycles. The van der Waals surface area contributed by atoms with Crippen molar-refractivity contribution in [3.8, 4) is 0 Å². The topological polar surface area (TPSA) is 66.8 Å². The highest BCUT2D eigenvalue weighted by Crippen LogP contribution is 2.45. The summed E-state index contributed by atoms with van der Waals surface area (Å²) in [6, 6.07) is 18.3. The molecule has 1 fully saturated rings. The van der Waals surface area contributed by atoms with Crippen LogP contribution in [0, 0.1) is 5.41 Å². The molecule has 5 nitrogen and oxygen atoms in total. The number of unbranched alkanes of at least 4 members (excludes halogenated alkanes) is 1. The number of amides is 1. The van der Waals surface area contributed by atoms with Gasteiger partial charge in [0.15, 0.2) is 0 Å². The number of allylic oxidation sites excluding steroid dienone is 2. The van der Waals surface area contributed by atoms with Gasteiger partial charge in [0.05, 0.1) is 0 Å². The molecule has 2 aliphatic rings. The molecular formula is C27H31NO4. The van der Waals surface area contributed by atoms with E-state index in [4.69, 9.17) is 9.84 Å². The molecule has 0 unspecified atom stereocenters. The number of carboxylic acid groups (broad SMARTS) is 1. The Kier molecular flexibility index (Phi) is 6.93. The molecule has 4 rings (SSSR count). The highest BCUT2D eigenvalue weighted by molar-refractivity contribution is 5.72. The van der Waals surface area contributed by atoms with Gasteiger partial charge in [-0.15, -0.1) is 0 Å². The molecule has 1 aliphatic carbocycles. The maximum absolute atomic E-state index is 12.6. The fourth-order valence-corrected chi connectivity index (χ4v) is 4.93. The summed E-state index contributed by atoms with van der Waals surface area (Å²) in [5.41, 5.74) is 5.06. The number of benzene rings is 2. The summed E-state index contributed by atoms with van der Waals surface area (Å²) in [7, 11) is 0. The van der Waals surface area contributed by atoms with Crippen LogP contribution in [-0.4, -0.2) is 35.2 Å². The zero-order valence-electron chi connectivity index (χ0n) is 18.5. The molecule has 2 aromatic carbocycles. The summed E-state index contributed by atoms with van der Waals surface area (Å²) >= 11 is 0. The Morgan fingerprint density at radius 1 is 0.969 bits per heavy atom. The van der Waals surface area contributed by atoms with Gasteiger partial charge in [0, 0.05) is 19.5 Å². The van der Waals surface area contributed by atoms with Crippen LogP contribution in [-0.2, 0) is 22.6 Å². The van der Waals surface area contributed by atoms with Crippen LogP contribution >= 0.6 is 0 Å². The molecule has 1 spiro atoms. The minimum absolute atomic E-state index is 0.0622. The Labute approximate surface area is 189 Å². The third-order valence-corrected chi connectivity index (χ3v) is 6.70. The number of fused-ring (bicyclic) bond motifs is 1. The largest absolute Gasteiger partial charge is 0.481 e. The Bertz CT molecular complexity index is 974. The first-order chi connectivity index (χ1) is 15.5. The Balaban J connectivity index is 1.38. The van der Waals surface area contributed by atoms with Gasteiger partial charge in [-0.05, 0) is 66.2 Å². The van der Waals surface area contributed by atoms with Gasteiger partial charge in [0.2, 0.25) is 0 Å². The standard InChI is InChI=1S/C27H31NO4/c29-25(30)13-7-5-11-23-19-27(18-22-10-4-6-12-24(22)23)14-16-28(17-15-27)26(31)32-20-21-8-2-1-3-9-21/h1-4,6,8-10,12,19H,5,7,11,13-18,20H2,(H,29,30). The number of hydrogen-bond donors (Lipinski definition) is 1. The van der Waals surface area contributed by atoms with Crippen LogP contribution in [0.25, 0.3) is 5.57 Å². The zero-order valence-corrected chi connectivity index (χ0v) is 18.5. The lowest BCUT2D eigenvalue weighted by atomic mass is 9.67. The van der Waals surface area contributed by atoms with Gasteiger partial charge in [-0.2, -0.15) is 0 Å². The molecule has 1 saturated heterocycles. The number of likely N-dealkylation sites (tertiary alicyclic amines) is 1. The maximum atomic E-state index is 12.6. The van der Waals surface area contributed by atoms with Gasteiger partial charge in [0.1, 0.15) is 6.61 Å². The number of ether oxygens (including phenoxy) is 1. The van der Waals surface area contributed by atoms with Crippen LogP contribution in [0.2, 0.25) is 0 Å². The van der Waals surface area contributed by atoms with Crippen molar-refractivity contribution in [3.63, 3.8) is 0 Å². The fraction of sp³-hybridized carbons (Fsp3) is 0.407. The highest BCUT2D eigenvalue weighted by atomic mass is 16.6. The SMILES string of the molecule is O=C(O)CCCCC1=CC2(CCN(C(=O)OCc3ccccc3)CC2)Cc2ccccc21. The number of aliphatic carboxylic acids is 1. The first kappa shape index (κ1) is 22.1. The van der Waals surface area contributed by atoms with E-state index in [1.165, 1.54) is 16.7 Å². The Morgan fingerprint density at radius 3 is 2.44 bits per heavy atom. The fourth-order valence-electron chi connectivity index (χ4n) is 4.93. The third-order valence-electron chi connectivity index (χ3n) is 6.70.